The molecule has 0 N–H and O–H groups in total. The summed E-state index contributed by atoms with van der Waals surface area (Å²) in [6, 6.07) is 0. The predicted molar refractivity (Wildman–Crippen MR) is 71.7 cm³/mol. The molecular weight excluding hydrogens is 208 g/mol. The zero-order valence-corrected chi connectivity index (χ0v) is 11.3. The van der Waals surface area contributed by atoms with Gasteiger partial charge in [-0.2, -0.15) is 0 Å². The Kier molecular flexibility index (Phi) is 4.64. The summed E-state index contributed by atoms with van der Waals surface area (Å²) in [6.45, 7) is 5.88. The standard InChI is InChI=1S/C15H26N2/c1-13(2)15(11-17-9-8-16-12-17)10-14-6-4-3-5-7-14/h8-9,12-15H,3-7,10-11H2,1-2H3. The van der Waals surface area contributed by atoms with Gasteiger partial charge in [-0.1, -0.05) is 46.0 Å². The molecule has 1 aliphatic rings. The first-order valence-electron chi connectivity index (χ1n) is 7.21. The van der Waals surface area contributed by atoms with Crippen LogP contribution >= 0.6 is 0 Å². The molecule has 96 valence electrons. The molecule has 0 aliphatic heterocycles. The van der Waals surface area contributed by atoms with Crippen LogP contribution in [-0.2, 0) is 6.54 Å². The van der Waals surface area contributed by atoms with E-state index in [9.17, 15) is 0 Å². The second-order valence-electron chi connectivity index (χ2n) is 6.00. The molecule has 1 aromatic rings. The lowest BCUT2D eigenvalue weighted by molar-refractivity contribution is 0.226. The van der Waals surface area contributed by atoms with Crippen LogP contribution in [0.4, 0.5) is 0 Å². The number of rotatable bonds is 5. The number of nitrogens with zero attached hydrogens (tertiary/aromatic N) is 2. The molecule has 1 heterocycles. The summed E-state index contributed by atoms with van der Waals surface area (Å²) in [5, 5.41) is 0. The first-order chi connectivity index (χ1) is 8.25. The van der Waals surface area contributed by atoms with Crippen molar-refractivity contribution in [3.8, 4) is 0 Å². The van der Waals surface area contributed by atoms with E-state index in [1.807, 2.05) is 12.5 Å². The molecule has 2 rings (SSSR count). The smallest absolute Gasteiger partial charge is 0.0945 e. The van der Waals surface area contributed by atoms with E-state index in [0.29, 0.717) is 0 Å². The molecule has 1 aromatic heterocycles. The first-order valence-corrected chi connectivity index (χ1v) is 7.21. The summed E-state index contributed by atoms with van der Waals surface area (Å²) < 4.78 is 2.24. The van der Waals surface area contributed by atoms with Crippen LogP contribution in [0.3, 0.4) is 0 Å². The van der Waals surface area contributed by atoms with Crippen molar-refractivity contribution < 1.29 is 0 Å². The maximum Gasteiger partial charge on any atom is 0.0945 e. The maximum absolute atomic E-state index is 4.14. The first kappa shape index (κ1) is 12.7. The lowest BCUT2D eigenvalue weighted by Gasteiger charge is -2.29. The van der Waals surface area contributed by atoms with Crippen LogP contribution in [0.1, 0.15) is 52.4 Å². The van der Waals surface area contributed by atoms with Crippen molar-refractivity contribution >= 4 is 0 Å². The summed E-state index contributed by atoms with van der Waals surface area (Å²) in [5.41, 5.74) is 0. The fraction of sp³-hybridized carbons (Fsp3) is 0.800. The molecule has 0 spiro atoms. The minimum absolute atomic E-state index is 0.777. The Morgan fingerprint density at radius 2 is 2.00 bits per heavy atom. The Hall–Kier alpha value is -0.790. The van der Waals surface area contributed by atoms with Gasteiger partial charge in [0.1, 0.15) is 0 Å². The minimum Gasteiger partial charge on any atom is -0.337 e. The van der Waals surface area contributed by atoms with Gasteiger partial charge in [-0.25, -0.2) is 4.98 Å². The highest BCUT2D eigenvalue weighted by Crippen LogP contribution is 2.32. The van der Waals surface area contributed by atoms with Gasteiger partial charge < -0.3 is 4.57 Å². The molecule has 0 bridgehead atoms. The zero-order valence-electron chi connectivity index (χ0n) is 11.3. The van der Waals surface area contributed by atoms with Gasteiger partial charge in [-0.3, -0.25) is 0 Å². The second kappa shape index (κ2) is 6.23. The normalized spacial score (nSPS) is 19.7. The third-order valence-electron chi connectivity index (χ3n) is 4.31. The summed E-state index contributed by atoms with van der Waals surface area (Å²) >= 11 is 0. The lowest BCUT2D eigenvalue weighted by atomic mass is 9.79. The Bertz CT molecular complexity index is 297. The number of hydrogen-bond acceptors (Lipinski definition) is 1. The number of aromatic nitrogens is 2. The molecule has 1 atom stereocenters. The molecule has 2 nitrogen and oxygen atoms in total. The zero-order chi connectivity index (χ0) is 12.1. The molecule has 0 radical (unpaired) electrons. The summed E-state index contributed by atoms with van der Waals surface area (Å²) in [5.74, 6) is 2.58. The molecule has 1 aliphatic carbocycles. The average molecular weight is 234 g/mol. The van der Waals surface area contributed by atoms with Gasteiger partial charge in [0.2, 0.25) is 0 Å². The fourth-order valence-corrected chi connectivity index (χ4v) is 3.07. The van der Waals surface area contributed by atoms with Crippen LogP contribution in [0.2, 0.25) is 0 Å². The van der Waals surface area contributed by atoms with Crippen molar-refractivity contribution in [1.82, 2.24) is 9.55 Å². The van der Waals surface area contributed by atoms with Crippen molar-refractivity contribution in [3.05, 3.63) is 18.7 Å². The molecule has 2 heteroatoms. The largest absolute Gasteiger partial charge is 0.337 e. The molecule has 17 heavy (non-hydrogen) atoms. The van der Waals surface area contributed by atoms with E-state index in [2.05, 4.69) is 29.6 Å². The molecule has 0 amide bonds. The topological polar surface area (TPSA) is 17.8 Å². The van der Waals surface area contributed by atoms with E-state index < -0.39 is 0 Å². The average Bonchev–Trinajstić information content (AvgIpc) is 2.82. The van der Waals surface area contributed by atoms with Crippen molar-refractivity contribution in [2.45, 2.75) is 58.9 Å². The fourth-order valence-electron chi connectivity index (χ4n) is 3.07. The highest BCUT2D eigenvalue weighted by molar-refractivity contribution is 4.78. The Labute approximate surface area is 105 Å². The van der Waals surface area contributed by atoms with E-state index in [1.54, 1.807) is 0 Å². The Balaban J connectivity index is 1.87. The van der Waals surface area contributed by atoms with E-state index in [1.165, 1.54) is 38.5 Å². The molecule has 1 unspecified atom stereocenters. The SMILES string of the molecule is CC(C)C(CC1CCCCC1)Cn1ccnc1. The van der Waals surface area contributed by atoms with Crippen molar-refractivity contribution in [3.63, 3.8) is 0 Å². The third-order valence-corrected chi connectivity index (χ3v) is 4.31. The van der Waals surface area contributed by atoms with Crippen molar-refractivity contribution in [2.24, 2.45) is 17.8 Å². The second-order valence-corrected chi connectivity index (χ2v) is 6.00. The maximum atomic E-state index is 4.14. The van der Waals surface area contributed by atoms with Crippen molar-refractivity contribution in [2.75, 3.05) is 0 Å². The predicted octanol–water partition coefficient (Wildman–Crippen LogP) is 4.13. The van der Waals surface area contributed by atoms with Gasteiger partial charge in [0.05, 0.1) is 6.33 Å². The summed E-state index contributed by atoms with van der Waals surface area (Å²) in [6.07, 6.45) is 14.7. The van der Waals surface area contributed by atoms with Gasteiger partial charge in [0, 0.05) is 18.9 Å². The Morgan fingerprint density at radius 1 is 1.24 bits per heavy atom. The van der Waals surface area contributed by atoms with Gasteiger partial charge in [0.15, 0.2) is 0 Å². The lowest BCUT2D eigenvalue weighted by Crippen LogP contribution is -2.20. The van der Waals surface area contributed by atoms with Crippen LogP contribution in [0.25, 0.3) is 0 Å². The van der Waals surface area contributed by atoms with Crippen LogP contribution in [0.15, 0.2) is 18.7 Å². The highest BCUT2D eigenvalue weighted by atomic mass is 15.0. The molecule has 1 saturated carbocycles. The summed E-state index contributed by atoms with van der Waals surface area (Å²) in [4.78, 5) is 4.14. The molecule has 1 fully saturated rings. The van der Waals surface area contributed by atoms with E-state index in [4.69, 9.17) is 0 Å². The minimum atomic E-state index is 0.777. The molecule has 0 saturated heterocycles. The highest BCUT2D eigenvalue weighted by Gasteiger charge is 2.21. The van der Waals surface area contributed by atoms with E-state index in [0.717, 1.165) is 24.3 Å². The van der Waals surface area contributed by atoms with Gasteiger partial charge in [0.25, 0.3) is 0 Å². The molecule has 0 aromatic carbocycles. The van der Waals surface area contributed by atoms with Crippen LogP contribution < -0.4 is 0 Å². The van der Waals surface area contributed by atoms with Crippen LogP contribution in [0, 0.1) is 17.8 Å². The Morgan fingerprint density at radius 3 is 2.59 bits per heavy atom. The van der Waals surface area contributed by atoms with Crippen LogP contribution in [0.5, 0.6) is 0 Å². The van der Waals surface area contributed by atoms with Gasteiger partial charge in [-0.05, 0) is 24.2 Å². The van der Waals surface area contributed by atoms with Crippen molar-refractivity contribution in [1.29, 1.82) is 0 Å². The van der Waals surface area contributed by atoms with Crippen LogP contribution in [-0.4, -0.2) is 9.55 Å². The molecular formula is C15H26N2. The quantitative estimate of drug-likeness (QED) is 0.749. The van der Waals surface area contributed by atoms with E-state index >= 15 is 0 Å². The number of imidazole rings is 1. The van der Waals surface area contributed by atoms with Gasteiger partial charge >= 0.3 is 0 Å². The number of hydrogen-bond donors (Lipinski definition) is 0. The van der Waals surface area contributed by atoms with Gasteiger partial charge in [-0.15, -0.1) is 0 Å². The van der Waals surface area contributed by atoms with E-state index in [-0.39, 0.29) is 0 Å². The monoisotopic (exact) mass is 234 g/mol. The third kappa shape index (κ3) is 3.86. The summed E-state index contributed by atoms with van der Waals surface area (Å²) in [7, 11) is 0.